The third kappa shape index (κ3) is 8.50. The van der Waals surface area contributed by atoms with Crippen molar-refractivity contribution >= 4 is 53.1 Å². The number of benzene rings is 1. The number of thiol groups is 1. The van der Waals surface area contributed by atoms with Crippen molar-refractivity contribution in [2.75, 3.05) is 5.75 Å². The van der Waals surface area contributed by atoms with Gasteiger partial charge in [-0.1, -0.05) is 32.0 Å². The topological polar surface area (TPSA) is 210 Å². The van der Waals surface area contributed by atoms with E-state index in [-0.39, 0.29) is 25.0 Å². The largest absolute Gasteiger partial charge is 0.480 e. The maximum atomic E-state index is 13.2. The first-order chi connectivity index (χ1) is 17.4. The number of carboxylic acid groups (broad SMARTS) is 1. The van der Waals surface area contributed by atoms with Crippen molar-refractivity contribution in [2.45, 2.75) is 57.3 Å². The summed E-state index contributed by atoms with van der Waals surface area (Å²) < 4.78 is 0. The summed E-state index contributed by atoms with van der Waals surface area (Å²) in [6.45, 7) is 3.31. The van der Waals surface area contributed by atoms with Gasteiger partial charge in [-0.05, 0) is 24.0 Å². The third-order valence-corrected chi connectivity index (χ3v) is 6.18. The van der Waals surface area contributed by atoms with Crippen LogP contribution in [-0.4, -0.2) is 69.6 Å². The molecule has 1 aromatic heterocycles. The first-order valence-corrected chi connectivity index (χ1v) is 12.4. The summed E-state index contributed by atoms with van der Waals surface area (Å²) in [4.78, 5) is 64.3. The van der Waals surface area contributed by atoms with E-state index in [4.69, 9.17) is 11.5 Å². The summed E-state index contributed by atoms with van der Waals surface area (Å²) in [5.74, 6) is -4.41. The number of amides is 4. The number of carboxylic acids is 1. The molecular weight excluding hydrogens is 500 g/mol. The molecule has 13 heteroatoms. The maximum Gasteiger partial charge on any atom is 0.326 e. The Bertz CT molecular complexity index is 1140. The summed E-state index contributed by atoms with van der Waals surface area (Å²) in [7, 11) is 0. The van der Waals surface area contributed by atoms with Crippen LogP contribution in [-0.2, 0) is 30.4 Å². The van der Waals surface area contributed by atoms with Gasteiger partial charge in [0.05, 0.1) is 6.04 Å². The maximum absolute atomic E-state index is 13.2. The molecule has 1 heterocycles. The highest BCUT2D eigenvalue weighted by atomic mass is 32.1. The van der Waals surface area contributed by atoms with Gasteiger partial charge in [0.25, 0.3) is 0 Å². The van der Waals surface area contributed by atoms with Crippen molar-refractivity contribution in [3.05, 3.63) is 36.0 Å². The molecule has 4 unspecified atom stereocenters. The number of para-hydroxylation sites is 1. The van der Waals surface area contributed by atoms with Gasteiger partial charge < -0.3 is 37.5 Å². The highest BCUT2D eigenvalue weighted by molar-refractivity contribution is 7.80. The lowest BCUT2D eigenvalue weighted by atomic mass is 10.0. The molecule has 2 aromatic rings. The molecule has 1 aromatic carbocycles. The minimum absolute atomic E-state index is 0.000545. The number of hydrogen-bond acceptors (Lipinski definition) is 7. The summed E-state index contributed by atoms with van der Waals surface area (Å²) in [5.41, 5.74) is 12.4. The number of aliphatic carboxylic acids is 1. The van der Waals surface area contributed by atoms with Gasteiger partial charge in [-0.3, -0.25) is 19.2 Å². The molecule has 0 radical (unpaired) electrons. The van der Waals surface area contributed by atoms with Crippen LogP contribution in [0.5, 0.6) is 0 Å². The Labute approximate surface area is 219 Å². The Kier molecular flexibility index (Phi) is 10.9. The normalized spacial score (nSPS) is 14.4. The fourth-order valence-corrected chi connectivity index (χ4v) is 3.93. The molecule has 0 aliphatic heterocycles. The smallest absolute Gasteiger partial charge is 0.326 e. The third-order valence-electron chi connectivity index (χ3n) is 5.82. The lowest BCUT2D eigenvalue weighted by Crippen LogP contribution is -2.58. The number of aromatic amines is 1. The van der Waals surface area contributed by atoms with Crippen LogP contribution < -0.4 is 27.4 Å². The van der Waals surface area contributed by atoms with Crippen LogP contribution in [0.25, 0.3) is 10.9 Å². The van der Waals surface area contributed by atoms with E-state index < -0.39 is 59.7 Å². The van der Waals surface area contributed by atoms with Crippen LogP contribution >= 0.6 is 12.6 Å². The molecule has 2 rings (SSSR count). The van der Waals surface area contributed by atoms with Crippen LogP contribution in [0.1, 0.15) is 32.3 Å². The number of fused-ring (bicyclic) bond motifs is 1. The minimum atomic E-state index is -1.20. The van der Waals surface area contributed by atoms with E-state index in [1.807, 2.05) is 24.3 Å². The van der Waals surface area contributed by atoms with E-state index in [1.165, 1.54) is 0 Å². The van der Waals surface area contributed by atoms with Crippen LogP contribution in [0, 0.1) is 5.92 Å². The van der Waals surface area contributed by atoms with E-state index in [0.29, 0.717) is 0 Å². The number of aromatic nitrogens is 1. The fraction of sp³-hybridized carbons (Fsp3) is 0.458. The second-order valence-corrected chi connectivity index (χ2v) is 9.41. The average Bonchev–Trinajstić information content (AvgIpc) is 3.25. The number of nitrogens with two attached hydrogens (primary N) is 2. The van der Waals surface area contributed by atoms with E-state index in [9.17, 15) is 29.1 Å². The van der Waals surface area contributed by atoms with Gasteiger partial charge in [0.15, 0.2) is 0 Å². The molecule has 0 saturated heterocycles. The van der Waals surface area contributed by atoms with Gasteiger partial charge >= 0.3 is 5.97 Å². The highest BCUT2D eigenvalue weighted by Gasteiger charge is 2.31. The Hall–Kier alpha value is -3.58. The van der Waals surface area contributed by atoms with Gasteiger partial charge in [-0.15, -0.1) is 0 Å². The van der Waals surface area contributed by atoms with Gasteiger partial charge in [0.1, 0.15) is 18.1 Å². The van der Waals surface area contributed by atoms with Gasteiger partial charge in [-0.25, -0.2) is 4.79 Å². The molecular formula is C24H34N6O6S. The minimum Gasteiger partial charge on any atom is -0.480 e. The van der Waals surface area contributed by atoms with Crippen LogP contribution in [0.15, 0.2) is 30.5 Å². The molecule has 0 bridgehead atoms. The molecule has 0 aliphatic carbocycles. The lowest BCUT2D eigenvalue weighted by molar-refractivity contribution is -0.143. The molecule has 4 atom stereocenters. The van der Waals surface area contributed by atoms with Crippen molar-refractivity contribution < 1.29 is 29.1 Å². The molecule has 202 valence electrons. The molecule has 0 saturated carbocycles. The lowest BCUT2D eigenvalue weighted by Gasteiger charge is -2.25. The predicted molar refractivity (Wildman–Crippen MR) is 141 cm³/mol. The molecule has 12 nitrogen and oxygen atoms in total. The van der Waals surface area contributed by atoms with Crippen molar-refractivity contribution in [3.63, 3.8) is 0 Å². The Morgan fingerprint density at radius 2 is 1.62 bits per heavy atom. The first kappa shape index (κ1) is 29.6. The van der Waals surface area contributed by atoms with Crippen molar-refractivity contribution in [2.24, 2.45) is 17.4 Å². The second kappa shape index (κ2) is 13.7. The summed E-state index contributed by atoms with van der Waals surface area (Å²) >= 11 is 4.13. The molecule has 0 aliphatic rings. The van der Waals surface area contributed by atoms with E-state index in [2.05, 4.69) is 33.6 Å². The average molecular weight is 535 g/mol. The monoisotopic (exact) mass is 534 g/mol. The standard InChI is InChI=1S/C24H34N6O6S/c1-12(2)20(24(35)36)30-22(33)17(9-13-10-27-16-6-4-3-5-14(13)16)28-23(34)18(11-37)29-21(32)15(25)7-8-19(26)31/h3-6,10,12,15,17-18,20,27,37H,7-9,11,25H2,1-2H3,(H2,26,31)(H,28,34)(H,29,32)(H,30,33)(H,35,36). The molecule has 0 fully saturated rings. The zero-order valence-corrected chi connectivity index (χ0v) is 21.6. The Morgan fingerprint density at radius 3 is 2.22 bits per heavy atom. The van der Waals surface area contributed by atoms with Gasteiger partial charge in [0, 0.05) is 35.7 Å². The quantitative estimate of drug-likeness (QED) is 0.148. The molecule has 37 heavy (non-hydrogen) atoms. The molecule has 4 amide bonds. The zero-order valence-electron chi connectivity index (χ0n) is 20.7. The van der Waals surface area contributed by atoms with E-state index >= 15 is 0 Å². The SMILES string of the molecule is CC(C)C(NC(=O)C(Cc1c[nH]c2ccccc12)NC(=O)C(CS)NC(=O)C(N)CCC(N)=O)C(=O)O. The van der Waals surface area contributed by atoms with Crippen molar-refractivity contribution in [1.29, 1.82) is 0 Å². The summed E-state index contributed by atoms with van der Waals surface area (Å²) in [5, 5.41) is 17.9. The predicted octanol–water partition coefficient (Wildman–Crippen LogP) is -0.572. The highest BCUT2D eigenvalue weighted by Crippen LogP contribution is 2.19. The molecule has 9 N–H and O–H groups in total. The number of H-pyrrole nitrogens is 1. The Morgan fingerprint density at radius 1 is 1.00 bits per heavy atom. The number of rotatable bonds is 14. The molecule has 0 spiro atoms. The van der Waals surface area contributed by atoms with Gasteiger partial charge in [-0.2, -0.15) is 12.6 Å². The fourth-order valence-electron chi connectivity index (χ4n) is 3.67. The van der Waals surface area contributed by atoms with Crippen LogP contribution in [0.2, 0.25) is 0 Å². The summed E-state index contributed by atoms with van der Waals surface area (Å²) in [6, 6.07) is 2.86. The number of primary amides is 1. The van der Waals surface area contributed by atoms with E-state index in [1.54, 1.807) is 20.0 Å². The number of hydrogen-bond donors (Lipinski definition) is 8. The van der Waals surface area contributed by atoms with Crippen LogP contribution in [0.3, 0.4) is 0 Å². The summed E-state index contributed by atoms with van der Waals surface area (Å²) in [6.07, 6.45) is 1.67. The Balaban J connectivity index is 2.23. The number of carbonyl (C=O) groups is 5. The van der Waals surface area contributed by atoms with Crippen molar-refractivity contribution in [1.82, 2.24) is 20.9 Å². The zero-order chi connectivity index (χ0) is 27.7. The number of carbonyl (C=O) groups excluding carboxylic acids is 4. The number of nitrogens with one attached hydrogen (secondary N) is 4. The van der Waals surface area contributed by atoms with Crippen molar-refractivity contribution in [3.8, 4) is 0 Å². The first-order valence-electron chi connectivity index (χ1n) is 11.8. The second-order valence-electron chi connectivity index (χ2n) is 9.05. The van der Waals surface area contributed by atoms with E-state index in [0.717, 1.165) is 16.5 Å². The van der Waals surface area contributed by atoms with Gasteiger partial charge in [0.2, 0.25) is 23.6 Å². The van der Waals surface area contributed by atoms with Crippen LogP contribution in [0.4, 0.5) is 0 Å².